The van der Waals surface area contributed by atoms with Gasteiger partial charge in [0.25, 0.3) is 5.91 Å². The average Bonchev–Trinajstić information content (AvgIpc) is 3.48. The van der Waals surface area contributed by atoms with E-state index in [1.54, 1.807) is 6.07 Å². The Morgan fingerprint density at radius 2 is 1.81 bits per heavy atom. The minimum Gasteiger partial charge on any atom is -0.379 e. The number of ether oxygens (including phenoxy) is 1. The molecule has 2 aromatic carbocycles. The number of anilines is 1. The second-order valence-electron chi connectivity index (χ2n) is 10.0. The van der Waals surface area contributed by atoms with Gasteiger partial charge in [-0.2, -0.15) is 0 Å². The Morgan fingerprint density at radius 1 is 1.08 bits per heavy atom. The normalized spacial score (nSPS) is 17.8. The second-order valence-corrected chi connectivity index (χ2v) is 10.0. The lowest BCUT2D eigenvalue weighted by Gasteiger charge is -2.43. The maximum absolute atomic E-state index is 13.8. The molecule has 1 aliphatic heterocycles. The van der Waals surface area contributed by atoms with Crippen molar-refractivity contribution in [1.82, 2.24) is 19.8 Å². The van der Waals surface area contributed by atoms with E-state index in [4.69, 9.17) is 9.72 Å². The van der Waals surface area contributed by atoms with Gasteiger partial charge < -0.3 is 19.9 Å². The van der Waals surface area contributed by atoms with Gasteiger partial charge in [0.15, 0.2) is 0 Å². The predicted molar refractivity (Wildman–Crippen MR) is 140 cm³/mol. The molecule has 2 fully saturated rings. The molecule has 1 saturated carbocycles. The number of benzene rings is 2. The average molecular weight is 490 g/mol. The minimum atomic E-state index is -0.182. The Bertz CT molecular complexity index is 1240. The molecule has 0 atom stereocenters. The molecule has 8 heteroatoms. The van der Waals surface area contributed by atoms with Crippen LogP contribution in [0.4, 0.5) is 5.69 Å². The number of carbonyl (C=O) groups excluding carboxylic acids is 2. The summed E-state index contributed by atoms with van der Waals surface area (Å²) in [6.45, 7) is 7.93. The molecule has 2 N–H and O–H groups in total. The van der Waals surface area contributed by atoms with Crippen molar-refractivity contribution in [2.75, 3.05) is 38.2 Å². The van der Waals surface area contributed by atoms with Gasteiger partial charge in [0.05, 0.1) is 29.8 Å². The van der Waals surface area contributed by atoms with Gasteiger partial charge in [0, 0.05) is 44.3 Å². The Kier molecular flexibility index (Phi) is 7.07. The highest BCUT2D eigenvalue weighted by Crippen LogP contribution is 2.35. The van der Waals surface area contributed by atoms with Crippen molar-refractivity contribution >= 4 is 28.5 Å². The maximum Gasteiger partial charge on any atom is 0.253 e. The van der Waals surface area contributed by atoms with E-state index in [2.05, 4.69) is 32.2 Å². The van der Waals surface area contributed by atoms with E-state index >= 15 is 0 Å². The standard InChI is InChI=1S/C28H35N5O3/c1-20-30-25-17-23(31-21(2)34)16-24(26(25)33(20)18-22-8-4-3-5-9-22)27(35)29-19-28(10-6-7-11-28)32-12-14-36-15-13-32/h3-5,8-9,16-17H,6-7,10-15,18-19H2,1-2H3,(H,29,35)(H,31,34). The van der Waals surface area contributed by atoms with Crippen LogP contribution in [0.15, 0.2) is 42.5 Å². The smallest absolute Gasteiger partial charge is 0.253 e. The third kappa shape index (κ3) is 5.01. The first kappa shape index (κ1) is 24.5. The fourth-order valence-corrected chi connectivity index (χ4v) is 5.81. The predicted octanol–water partition coefficient (Wildman–Crippen LogP) is 3.73. The Balaban J connectivity index is 1.48. The van der Waals surface area contributed by atoms with Gasteiger partial charge in [-0.1, -0.05) is 43.2 Å². The Labute approximate surface area is 212 Å². The van der Waals surface area contributed by atoms with E-state index in [-0.39, 0.29) is 17.4 Å². The molecular formula is C28H35N5O3. The van der Waals surface area contributed by atoms with Crippen LogP contribution in [0, 0.1) is 6.92 Å². The van der Waals surface area contributed by atoms with Crippen molar-refractivity contribution in [2.24, 2.45) is 0 Å². The fourth-order valence-electron chi connectivity index (χ4n) is 5.81. The highest BCUT2D eigenvalue weighted by Gasteiger charge is 2.40. The molecule has 0 radical (unpaired) electrons. The number of nitrogens with one attached hydrogen (secondary N) is 2. The van der Waals surface area contributed by atoms with Crippen molar-refractivity contribution in [3.05, 3.63) is 59.4 Å². The number of fused-ring (bicyclic) bond motifs is 1. The van der Waals surface area contributed by atoms with Crippen LogP contribution in [0.25, 0.3) is 11.0 Å². The number of hydrogen-bond acceptors (Lipinski definition) is 5. The molecule has 0 bridgehead atoms. The van der Waals surface area contributed by atoms with E-state index in [0.29, 0.717) is 29.9 Å². The number of hydrogen-bond donors (Lipinski definition) is 2. The van der Waals surface area contributed by atoms with Crippen LogP contribution in [-0.2, 0) is 16.1 Å². The first-order valence-electron chi connectivity index (χ1n) is 12.9. The summed E-state index contributed by atoms with van der Waals surface area (Å²) in [5.41, 5.74) is 3.71. The van der Waals surface area contributed by atoms with Crippen LogP contribution in [0.2, 0.25) is 0 Å². The summed E-state index contributed by atoms with van der Waals surface area (Å²) in [5.74, 6) is 0.503. The van der Waals surface area contributed by atoms with E-state index in [9.17, 15) is 9.59 Å². The molecule has 5 rings (SSSR count). The highest BCUT2D eigenvalue weighted by molar-refractivity contribution is 6.07. The first-order chi connectivity index (χ1) is 17.4. The van der Waals surface area contributed by atoms with Gasteiger partial charge in [-0.15, -0.1) is 0 Å². The molecular weight excluding hydrogens is 454 g/mol. The van der Waals surface area contributed by atoms with Gasteiger partial charge in [0.2, 0.25) is 5.91 Å². The van der Waals surface area contributed by atoms with Gasteiger partial charge >= 0.3 is 0 Å². The summed E-state index contributed by atoms with van der Waals surface area (Å²) in [4.78, 5) is 32.9. The molecule has 2 heterocycles. The summed E-state index contributed by atoms with van der Waals surface area (Å²) in [6, 6.07) is 13.8. The Morgan fingerprint density at radius 3 is 2.50 bits per heavy atom. The second kappa shape index (κ2) is 10.4. The van der Waals surface area contributed by atoms with E-state index in [1.165, 1.54) is 19.8 Å². The molecule has 1 saturated heterocycles. The SMILES string of the molecule is CC(=O)Nc1cc(C(=O)NCC2(N3CCOCC3)CCCC2)c2c(c1)nc(C)n2Cc1ccccc1. The topological polar surface area (TPSA) is 88.5 Å². The van der Waals surface area contributed by atoms with E-state index < -0.39 is 0 Å². The van der Waals surface area contributed by atoms with Crippen LogP contribution in [0.1, 0.15) is 54.4 Å². The summed E-state index contributed by atoms with van der Waals surface area (Å²) in [5, 5.41) is 6.11. The molecule has 2 amide bonds. The quantitative estimate of drug-likeness (QED) is 0.528. The molecule has 1 aromatic heterocycles. The van der Waals surface area contributed by atoms with Crippen molar-refractivity contribution in [1.29, 1.82) is 0 Å². The van der Waals surface area contributed by atoms with Crippen LogP contribution in [-0.4, -0.2) is 64.7 Å². The highest BCUT2D eigenvalue weighted by atomic mass is 16.5. The van der Waals surface area contributed by atoms with Crippen molar-refractivity contribution in [3.8, 4) is 0 Å². The molecule has 1 aliphatic carbocycles. The zero-order valence-electron chi connectivity index (χ0n) is 21.2. The summed E-state index contributed by atoms with van der Waals surface area (Å²) in [7, 11) is 0. The van der Waals surface area contributed by atoms with Crippen LogP contribution >= 0.6 is 0 Å². The maximum atomic E-state index is 13.8. The van der Waals surface area contributed by atoms with Gasteiger partial charge in [-0.05, 0) is 37.5 Å². The number of carbonyl (C=O) groups is 2. The third-order valence-corrected chi connectivity index (χ3v) is 7.58. The number of rotatable bonds is 7. The van der Waals surface area contributed by atoms with Crippen molar-refractivity contribution in [2.45, 2.75) is 51.6 Å². The minimum absolute atomic E-state index is 0.0198. The number of imidazole rings is 1. The zero-order valence-corrected chi connectivity index (χ0v) is 21.2. The van der Waals surface area contributed by atoms with Crippen LogP contribution < -0.4 is 10.6 Å². The van der Waals surface area contributed by atoms with Crippen molar-refractivity contribution < 1.29 is 14.3 Å². The fraction of sp³-hybridized carbons (Fsp3) is 0.464. The van der Waals surface area contributed by atoms with Crippen LogP contribution in [0.3, 0.4) is 0 Å². The van der Waals surface area contributed by atoms with Gasteiger partial charge in [-0.3, -0.25) is 14.5 Å². The summed E-state index contributed by atoms with van der Waals surface area (Å²) in [6.07, 6.45) is 4.52. The molecule has 0 spiro atoms. The van der Waals surface area contributed by atoms with E-state index in [0.717, 1.165) is 56.0 Å². The molecule has 8 nitrogen and oxygen atoms in total. The zero-order chi connectivity index (χ0) is 25.1. The molecule has 190 valence electrons. The molecule has 3 aromatic rings. The van der Waals surface area contributed by atoms with Gasteiger partial charge in [0.1, 0.15) is 5.82 Å². The summed E-state index contributed by atoms with van der Waals surface area (Å²) < 4.78 is 7.67. The molecule has 36 heavy (non-hydrogen) atoms. The largest absolute Gasteiger partial charge is 0.379 e. The van der Waals surface area contributed by atoms with Crippen molar-refractivity contribution in [3.63, 3.8) is 0 Å². The van der Waals surface area contributed by atoms with E-state index in [1.807, 2.05) is 31.2 Å². The first-order valence-corrected chi connectivity index (χ1v) is 12.9. The van der Waals surface area contributed by atoms with Gasteiger partial charge in [-0.25, -0.2) is 4.98 Å². The van der Waals surface area contributed by atoms with Crippen LogP contribution in [0.5, 0.6) is 0 Å². The Hall–Kier alpha value is -3.23. The number of aryl methyl sites for hydroxylation is 1. The third-order valence-electron chi connectivity index (χ3n) is 7.58. The number of morpholine rings is 1. The number of aromatic nitrogens is 2. The molecule has 0 unspecified atom stereocenters. The summed E-state index contributed by atoms with van der Waals surface area (Å²) >= 11 is 0. The lowest BCUT2D eigenvalue weighted by Crippen LogP contribution is -2.57. The monoisotopic (exact) mass is 489 g/mol. The lowest BCUT2D eigenvalue weighted by molar-refractivity contribution is -0.114. The lowest BCUT2D eigenvalue weighted by atomic mass is 9.94. The number of amides is 2. The number of nitrogens with zero attached hydrogens (tertiary/aromatic N) is 3. The molecule has 2 aliphatic rings.